The Morgan fingerprint density at radius 1 is 1.10 bits per heavy atom. The molecule has 7 nitrogen and oxygen atoms in total. The number of ether oxygens (including phenoxy) is 1. The van der Waals surface area contributed by atoms with Gasteiger partial charge in [0.2, 0.25) is 0 Å². The third-order valence-electron chi connectivity index (χ3n) is 3.47. The molecule has 21 heavy (non-hydrogen) atoms. The van der Waals surface area contributed by atoms with Crippen LogP contribution in [0.1, 0.15) is 4.88 Å². The summed E-state index contributed by atoms with van der Waals surface area (Å²) in [5.41, 5.74) is 0. The normalized spacial score (nSPS) is 20.7. The summed E-state index contributed by atoms with van der Waals surface area (Å²) in [4.78, 5) is 41.1. The van der Waals surface area contributed by atoms with Crippen LogP contribution in [0, 0.1) is 0 Å². The van der Waals surface area contributed by atoms with Gasteiger partial charge in [0.15, 0.2) is 0 Å². The molecule has 1 aromatic heterocycles. The molecule has 0 atom stereocenters. The van der Waals surface area contributed by atoms with E-state index in [1.54, 1.807) is 0 Å². The molecule has 0 saturated carbocycles. The van der Waals surface area contributed by atoms with Crippen molar-refractivity contribution >= 4 is 29.2 Å². The summed E-state index contributed by atoms with van der Waals surface area (Å²) in [6.45, 7) is 2.74. The van der Waals surface area contributed by atoms with E-state index in [1.807, 2.05) is 22.4 Å². The maximum absolute atomic E-state index is 12.3. The first-order chi connectivity index (χ1) is 10.2. The molecule has 0 aliphatic carbocycles. The Balaban J connectivity index is 1.69. The van der Waals surface area contributed by atoms with Crippen molar-refractivity contribution in [1.82, 2.24) is 14.7 Å². The topological polar surface area (TPSA) is 70.2 Å². The molecule has 2 saturated heterocycles. The van der Waals surface area contributed by atoms with Crippen molar-refractivity contribution in [3.8, 4) is 0 Å². The lowest BCUT2D eigenvalue weighted by Crippen LogP contribution is -2.46. The molecule has 0 N–H and O–H groups in total. The van der Waals surface area contributed by atoms with E-state index in [9.17, 15) is 14.4 Å². The highest BCUT2D eigenvalue weighted by Crippen LogP contribution is 2.19. The van der Waals surface area contributed by atoms with E-state index in [-0.39, 0.29) is 13.2 Å². The van der Waals surface area contributed by atoms with Crippen LogP contribution in [0.2, 0.25) is 0 Å². The Morgan fingerprint density at radius 2 is 1.81 bits per heavy atom. The molecular formula is C13H15N3O4S. The number of amides is 4. The van der Waals surface area contributed by atoms with Gasteiger partial charge in [0.25, 0.3) is 0 Å². The van der Waals surface area contributed by atoms with Gasteiger partial charge < -0.3 is 4.74 Å². The predicted molar refractivity (Wildman–Crippen MR) is 74.4 cm³/mol. The standard InChI is InChI=1S/C13H15N3O4S/c17-11-12(18)16(9-14-3-5-20-6-4-14)13(19)15(11)8-10-2-1-7-21-10/h1-2,7H,3-6,8-9H2. The Bertz CT molecular complexity index is 554. The first kappa shape index (κ1) is 14.2. The third-order valence-corrected chi connectivity index (χ3v) is 4.34. The van der Waals surface area contributed by atoms with Gasteiger partial charge in [0.1, 0.15) is 0 Å². The van der Waals surface area contributed by atoms with Crippen molar-refractivity contribution in [2.75, 3.05) is 33.0 Å². The Hall–Kier alpha value is -1.77. The molecule has 0 unspecified atom stereocenters. The first-order valence-electron chi connectivity index (χ1n) is 6.66. The van der Waals surface area contributed by atoms with Gasteiger partial charge in [0, 0.05) is 18.0 Å². The fourth-order valence-corrected chi connectivity index (χ4v) is 3.01. The molecule has 8 heteroatoms. The van der Waals surface area contributed by atoms with Crippen LogP contribution >= 0.6 is 11.3 Å². The molecule has 4 amide bonds. The number of nitrogens with zero attached hydrogens (tertiary/aromatic N) is 3. The van der Waals surface area contributed by atoms with Gasteiger partial charge in [-0.3, -0.25) is 19.4 Å². The van der Waals surface area contributed by atoms with Crippen LogP contribution in [-0.2, 0) is 20.9 Å². The highest BCUT2D eigenvalue weighted by atomic mass is 32.1. The fraction of sp³-hybridized carbons (Fsp3) is 0.462. The lowest BCUT2D eigenvalue weighted by atomic mass is 10.4. The summed E-state index contributed by atoms with van der Waals surface area (Å²) < 4.78 is 5.22. The minimum absolute atomic E-state index is 0.147. The van der Waals surface area contributed by atoms with Crippen LogP contribution in [0.3, 0.4) is 0 Å². The van der Waals surface area contributed by atoms with Gasteiger partial charge in [-0.15, -0.1) is 11.3 Å². The van der Waals surface area contributed by atoms with Crippen LogP contribution in [0.15, 0.2) is 17.5 Å². The van der Waals surface area contributed by atoms with Gasteiger partial charge in [-0.05, 0) is 11.4 Å². The second-order valence-corrected chi connectivity index (χ2v) is 5.89. The molecule has 112 valence electrons. The van der Waals surface area contributed by atoms with E-state index in [0.717, 1.165) is 14.7 Å². The highest BCUT2D eigenvalue weighted by molar-refractivity contribution is 7.09. The zero-order valence-corrected chi connectivity index (χ0v) is 12.2. The van der Waals surface area contributed by atoms with Crippen molar-refractivity contribution in [3.63, 3.8) is 0 Å². The highest BCUT2D eigenvalue weighted by Gasteiger charge is 2.45. The summed E-state index contributed by atoms with van der Waals surface area (Å²) >= 11 is 1.45. The second-order valence-electron chi connectivity index (χ2n) is 4.86. The van der Waals surface area contributed by atoms with E-state index in [0.29, 0.717) is 26.3 Å². The lowest BCUT2D eigenvalue weighted by Gasteiger charge is -2.29. The SMILES string of the molecule is O=C1C(=O)N(CN2CCOCC2)C(=O)N1Cc1cccs1. The lowest BCUT2D eigenvalue weighted by molar-refractivity contribution is -0.144. The second kappa shape index (κ2) is 5.92. The van der Waals surface area contributed by atoms with Gasteiger partial charge in [-0.2, -0.15) is 0 Å². The Labute approximate surface area is 125 Å². The summed E-state index contributed by atoms with van der Waals surface area (Å²) in [6.07, 6.45) is 0. The van der Waals surface area contributed by atoms with Crippen molar-refractivity contribution < 1.29 is 19.1 Å². The zero-order valence-electron chi connectivity index (χ0n) is 11.4. The zero-order chi connectivity index (χ0) is 14.8. The number of morpholine rings is 1. The smallest absolute Gasteiger partial charge is 0.335 e. The summed E-state index contributed by atoms with van der Waals surface area (Å²) in [7, 11) is 0. The number of carbonyl (C=O) groups is 3. The minimum atomic E-state index is -0.748. The summed E-state index contributed by atoms with van der Waals surface area (Å²) in [5.74, 6) is -1.50. The number of carbonyl (C=O) groups excluding carboxylic acids is 3. The number of imide groups is 2. The van der Waals surface area contributed by atoms with Gasteiger partial charge in [-0.1, -0.05) is 6.07 Å². The maximum Gasteiger partial charge on any atom is 0.335 e. The fourth-order valence-electron chi connectivity index (χ4n) is 2.32. The van der Waals surface area contributed by atoms with E-state index < -0.39 is 17.8 Å². The Morgan fingerprint density at radius 3 is 2.48 bits per heavy atom. The van der Waals surface area contributed by atoms with E-state index in [2.05, 4.69) is 0 Å². The molecule has 0 bridgehead atoms. The summed E-state index contributed by atoms with van der Waals surface area (Å²) in [5, 5.41) is 1.87. The van der Waals surface area contributed by atoms with Crippen LogP contribution in [0.4, 0.5) is 4.79 Å². The van der Waals surface area contributed by atoms with Crippen LogP contribution in [-0.4, -0.2) is 65.5 Å². The molecule has 0 radical (unpaired) electrons. The number of urea groups is 1. The average Bonchev–Trinajstić information content (AvgIpc) is 3.08. The average molecular weight is 309 g/mol. The molecule has 2 aliphatic rings. The molecule has 0 spiro atoms. The van der Waals surface area contributed by atoms with Gasteiger partial charge >= 0.3 is 17.8 Å². The molecule has 2 aliphatic heterocycles. The largest absolute Gasteiger partial charge is 0.379 e. The van der Waals surface area contributed by atoms with Crippen LogP contribution < -0.4 is 0 Å². The number of thiophene rings is 1. The summed E-state index contributed by atoms with van der Waals surface area (Å²) in [6, 6.07) is 3.14. The number of hydrogen-bond acceptors (Lipinski definition) is 6. The number of rotatable bonds is 4. The number of hydrogen-bond donors (Lipinski definition) is 0. The van der Waals surface area contributed by atoms with Crippen LogP contribution in [0.25, 0.3) is 0 Å². The third kappa shape index (κ3) is 2.82. The van der Waals surface area contributed by atoms with Crippen molar-refractivity contribution in [2.24, 2.45) is 0 Å². The first-order valence-corrected chi connectivity index (χ1v) is 7.54. The van der Waals surface area contributed by atoms with E-state index in [1.165, 1.54) is 11.3 Å². The molecule has 1 aromatic rings. The van der Waals surface area contributed by atoms with Crippen molar-refractivity contribution in [3.05, 3.63) is 22.4 Å². The maximum atomic E-state index is 12.3. The van der Waals surface area contributed by atoms with Crippen LogP contribution in [0.5, 0.6) is 0 Å². The quantitative estimate of drug-likeness (QED) is 0.592. The molecule has 3 heterocycles. The van der Waals surface area contributed by atoms with Crippen molar-refractivity contribution in [1.29, 1.82) is 0 Å². The molecular weight excluding hydrogens is 294 g/mol. The van der Waals surface area contributed by atoms with Gasteiger partial charge in [-0.25, -0.2) is 9.69 Å². The monoisotopic (exact) mass is 309 g/mol. The Kier molecular flexibility index (Phi) is 4.00. The van der Waals surface area contributed by atoms with Crippen molar-refractivity contribution in [2.45, 2.75) is 6.54 Å². The molecule has 0 aromatic carbocycles. The molecule has 3 rings (SSSR count). The predicted octanol–water partition coefficient (Wildman–Crippen LogP) is 0.329. The minimum Gasteiger partial charge on any atom is -0.379 e. The van der Waals surface area contributed by atoms with E-state index in [4.69, 9.17) is 4.74 Å². The van der Waals surface area contributed by atoms with Gasteiger partial charge in [0.05, 0.1) is 26.4 Å². The van der Waals surface area contributed by atoms with E-state index >= 15 is 0 Å². The molecule has 2 fully saturated rings.